The maximum absolute atomic E-state index is 10.7. The summed E-state index contributed by atoms with van der Waals surface area (Å²) in [6.45, 7) is 0. The molecule has 3 rings (SSSR count). The molecule has 72 valence electrons. The number of fused-ring (bicyclic) bond motifs is 5. The molecule has 0 aliphatic heterocycles. The molecule has 2 bridgehead atoms. The summed E-state index contributed by atoms with van der Waals surface area (Å²) in [6, 6.07) is 0. The van der Waals surface area contributed by atoms with E-state index in [1.165, 1.54) is 12.6 Å². The number of carboxylic acid groups (broad SMARTS) is 1. The molecule has 4 heteroatoms. The summed E-state index contributed by atoms with van der Waals surface area (Å²) in [5.41, 5.74) is 2.07. The molecule has 0 unspecified atom stereocenters. The molecule has 0 saturated heterocycles. The van der Waals surface area contributed by atoms with Crippen LogP contribution in [0.5, 0.6) is 0 Å². The van der Waals surface area contributed by atoms with Crippen molar-refractivity contribution in [2.75, 3.05) is 0 Å². The Morgan fingerprint density at radius 2 is 2.07 bits per heavy atom. The summed E-state index contributed by atoms with van der Waals surface area (Å²) in [5, 5.41) is 8.78. The summed E-state index contributed by atoms with van der Waals surface area (Å²) < 4.78 is 0. The van der Waals surface area contributed by atoms with E-state index in [0.717, 1.165) is 24.2 Å². The Morgan fingerprint density at radius 1 is 1.36 bits per heavy atom. The number of carbonyl (C=O) groups is 1. The minimum absolute atomic E-state index is 0.0799. The van der Waals surface area contributed by atoms with Crippen molar-refractivity contribution in [2.45, 2.75) is 31.1 Å². The Labute approximate surface area is 81.0 Å². The number of nitrogens with zero attached hydrogens (tertiary/aromatic N) is 2. The molecule has 4 nitrogen and oxygen atoms in total. The van der Waals surface area contributed by atoms with Gasteiger partial charge >= 0.3 is 5.97 Å². The van der Waals surface area contributed by atoms with Crippen LogP contribution in [0.2, 0.25) is 0 Å². The lowest BCUT2D eigenvalue weighted by Crippen LogP contribution is -2.09. The molecule has 0 amide bonds. The van der Waals surface area contributed by atoms with Crippen LogP contribution in [-0.4, -0.2) is 21.0 Å². The van der Waals surface area contributed by atoms with Crippen LogP contribution >= 0.6 is 0 Å². The summed E-state index contributed by atoms with van der Waals surface area (Å²) in [6.07, 6.45) is 4.84. The molecule has 1 N–H and O–H groups in total. The van der Waals surface area contributed by atoms with Crippen molar-refractivity contribution in [3.8, 4) is 0 Å². The maximum Gasteiger partial charge on any atom is 0.356 e. The third-order valence-electron chi connectivity index (χ3n) is 3.25. The summed E-state index contributed by atoms with van der Waals surface area (Å²) in [4.78, 5) is 19.1. The van der Waals surface area contributed by atoms with Crippen molar-refractivity contribution in [3.63, 3.8) is 0 Å². The first-order valence-corrected chi connectivity index (χ1v) is 4.86. The zero-order valence-electron chi connectivity index (χ0n) is 7.60. The van der Waals surface area contributed by atoms with Gasteiger partial charge in [0.1, 0.15) is 0 Å². The Balaban J connectivity index is 2.12. The molecule has 1 heterocycles. The first kappa shape index (κ1) is 7.91. The summed E-state index contributed by atoms with van der Waals surface area (Å²) in [5.74, 6) is 0.0372. The van der Waals surface area contributed by atoms with Gasteiger partial charge in [0.05, 0.1) is 17.6 Å². The Hall–Kier alpha value is -1.45. The zero-order valence-corrected chi connectivity index (χ0v) is 7.60. The third-order valence-corrected chi connectivity index (χ3v) is 3.25. The highest BCUT2D eigenvalue weighted by Gasteiger charge is 2.39. The monoisotopic (exact) mass is 190 g/mol. The average molecular weight is 190 g/mol. The van der Waals surface area contributed by atoms with Gasteiger partial charge in [-0.15, -0.1) is 0 Å². The topological polar surface area (TPSA) is 63.1 Å². The predicted molar refractivity (Wildman–Crippen MR) is 48.3 cm³/mol. The third kappa shape index (κ3) is 0.908. The van der Waals surface area contributed by atoms with Crippen molar-refractivity contribution in [3.05, 3.63) is 23.3 Å². The van der Waals surface area contributed by atoms with E-state index in [2.05, 4.69) is 9.97 Å². The average Bonchev–Trinajstić information content (AvgIpc) is 2.77. The van der Waals surface area contributed by atoms with E-state index in [-0.39, 0.29) is 5.69 Å². The Bertz CT molecular complexity index is 417. The minimum atomic E-state index is -0.983. The lowest BCUT2D eigenvalue weighted by molar-refractivity contribution is 0.0689. The van der Waals surface area contributed by atoms with Gasteiger partial charge in [-0.05, 0) is 19.3 Å². The fourth-order valence-corrected chi connectivity index (χ4v) is 2.61. The molecule has 1 saturated carbocycles. The van der Waals surface area contributed by atoms with Gasteiger partial charge in [-0.1, -0.05) is 0 Å². The maximum atomic E-state index is 10.7. The van der Waals surface area contributed by atoms with E-state index < -0.39 is 5.97 Å². The predicted octanol–water partition coefficient (Wildman–Crippen LogP) is 1.54. The van der Waals surface area contributed by atoms with Crippen LogP contribution in [0.1, 0.15) is 53.0 Å². The molecule has 1 fully saturated rings. The SMILES string of the molecule is O=C(O)c1cnc2c(n1)[C@H]1CC[C@H]2C1. The smallest absolute Gasteiger partial charge is 0.356 e. The number of hydrogen-bond donors (Lipinski definition) is 1. The molecule has 1 aromatic rings. The lowest BCUT2D eigenvalue weighted by Gasteiger charge is -2.12. The van der Waals surface area contributed by atoms with Crippen molar-refractivity contribution in [1.82, 2.24) is 9.97 Å². The van der Waals surface area contributed by atoms with E-state index in [1.54, 1.807) is 0 Å². The standard InChI is InChI=1S/C10H10N2O2/c13-10(14)7-4-11-8-5-1-2-6(3-5)9(8)12-7/h4-6H,1-3H2,(H,13,14)/t5-,6-/m0/s1. The number of aromatic nitrogens is 2. The van der Waals surface area contributed by atoms with Crippen molar-refractivity contribution in [1.29, 1.82) is 0 Å². The van der Waals surface area contributed by atoms with Crippen molar-refractivity contribution in [2.24, 2.45) is 0 Å². The number of hydrogen-bond acceptors (Lipinski definition) is 3. The van der Waals surface area contributed by atoms with Crippen LogP contribution in [0.4, 0.5) is 0 Å². The highest BCUT2D eigenvalue weighted by atomic mass is 16.4. The van der Waals surface area contributed by atoms with Gasteiger partial charge in [0.25, 0.3) is 0 Å². The van der Waals surface area contributed by atoms with Crippen molar-refractivity contribution >= 4 is 5.97 Å². The van der Waals surface area contributed by atoms with Crippen LogP contribution in [-0.2, 0) is 0 Å². The van der Waals surface area contributed by atoms with Crippen LogP contribution < -0.4 is 0 Å². The van der Waals surface area contributed by atoms with E-state index in [0.29, 0.717) is 11.8 Å². The molecular formula is C10H10N2O2. The lowest BCUT2D eigenvalue weighted by atomic mass is 10.0. The van der Waals surface area contributed by atoms with Crippen LogP contribution in [0, 0.1) is 0 Å². The second kappa shape index (κ2) is 2.53. The van der Waals surface area contributed by atoms with Gasteiger partial charge < -0.3 is 5.11 Å². The fraction of sp³-hybridized carbons (Fsp3) is 0.500. The van der Waals surface area contributed by atoms with E-state index in [9.17, 15) is 4.79 Å². The van der Waals surface area contributed by atoms with Gasteiger partial charge in [0.15, 0.2) is 5.69 Å². The molecule has 2 aliphatic carbocycles. The van der Waals surface area contributed by atoms with Gasteiger partial charge in [-0.3, -0.25) is 4.98 Å². The zero-order chi connectivity index (χ0) is 9.71. The first-order chi connectivity index (χ1) is 6.75. The number of carboxylic acids is 1. The largest absolute Gasteiger partial charge is 0.476 e. The van der Waals surface area contributed by atoms with E-state index in [1.807, 2.05) is 0 Å². The molecule has 2 aliphatic rings. The quantitative estimate of drug-likeness (QED) is 0.729. The molecule has 14 heavy (non-hydrogen) atoms. The van der Waals surface area contributed by atoms with Gasteiger partial charge in [0.2, 0.25) is 0 Å². The second-order valence-corrected chi connectivity index (χ2v) is 4.04. The summed E-state index contributed by atoms with van der Waals surface area (Å²) in [7, 11) is 0. The fourth-order valence-electron chi connectivity index (χ4n) is 2.61. The van der Waals surface area contributed by atoms with Crippen LogP contribution in [0.3, 0.4) is 0 Å². The first-order valence-electron chi connectivity index (χ1n) is 4.86. The molecule has 0 radical (unpaired) electrons. The molecule has 0 aromatic carbocycles. The number of aromatic carboxylic acids is 1. The second-order valence-electron chi connectivity index (χ2n) is 4.04. The van der Waals surface area contributed by atoms with Gasteiger partial charge in [-0.25, -0.2) is 9.78 Å². The Morgan fingerprint density at radius 3 is 2.79 bits per heavy atom. The Kier molecular flexibility index (Phi) is 1.43. The van der Waals surface area contributed by atoms with Gasteiger partial charge in [0, 0.05) is 11.8 Å². The molecular weight excluding hydrogens is 180 g/mol. The molecule has 0 spiro atoms. The van der Waals surface area contributed by atoms with E-state index in [4.69, 9.17) is 5.11 Å². The van der Waals surface area contributed by atoms with Crippen LogP contribution in [0.15, 0.2) is 6.20 Å². The number of rotatable bonds is 1. The van der Waals surface area contributed by atoms with Gasteiger partial charge in [-0.2, -0.15) is 0 Å². The van der Waals surface area contributed by atoms with Crippen molar-refractivity contribution < 1.29 is 9.90 Å². The normalized spacial score (nSPS) is 27.7. The van der Waals surface area contributed by atoms with Crippen LogP contribution in [0.25, 0.3) is 0 Å². The summed E-state index contributed by atoms with van der Waals surface area (Å²) >= 11 is 0. The molecule has 2 atom stereocenters. The minimum Gasteiger partial charge on any atom is -0.476 e. The highest BCUT2D eigenvalue weighted by Crippen LogP contribution is 2.51. The molecule has 1 aromatic heterocycles. The highest BCUT2D eigenvalue weighted by molar-refractivity contribution is 5.85. The van der Waals surface area contributed by atoms with E-state index >= 15 is 0 Å².